The lowest BCUT2D eigenvalue weighted by Crippen LogP contribution is -2.42. The highest BCUT2D eigenvalue weighted by Gasteiger charge is 2.22. The number of rotatable bonds is 7. The molecule has 2 aromatic carbocycles. The van der Waals surface area contributed by atoms with Crippen LogP contribution in [-0.4, -0.2) is 35.2 Å². The largest absolute Gasteiger partial charge is 0.497 e. The molecule has 2 rings (SSSR count). The number of hydrogen-bond donors (Lipinski definition) is 2. The van der Waals surface area contributed by atoms with Gasteiger partial charge in [0.25, 0.3) is 11.6 Å². The summed E-state index contributed by atoms with van der Waals surface area (Å²) in [4.78, 5) is 22.3. The lowest BCUT2D eigenvalue weighted by atomic mass is 9.96. The zero-order valence-electron chi connectivity index (χ0n) is 14.1. The maximum absolute atomic E-state index is 12.1. The van der Waals surface area contributed by atoms with E-state index in [-0.39, 0.29) is 17.8 Å². The summed E-state index contributed by atoms with van der Waals surface area (Å²) in [6, 6.07) is 12.7. The number of carbonyl (C=O) groups excluding carboxylic acids is 1. The van der Waals surface area contributed by atoms with E-state index in [0.717, 1.165) is 11.3 Å². The summed E-state index contributed by atoms with van der Waals surface area (Å²) in [6.45, 7) is 1.63. The topological polar surface area (TPSA) is 102 Å². The highest BCUT2D eigenvalue weighted by molar-refractivity contribution is 5.94. The van der Waals surface area contributed by atoms with Gasteiger partial charge in [0.05, 0.1) is 17.6 Å². The minimum Gasteiger partial charge on any atom is -0.497 e. The molecule has 0 aliphatic heterocycles. The summed E-state index contributed by atoms with van der Waals surface area (Å²) in [5.74, 6) is 0.251. The van der Waals surface area contributed by atoms with E-state index in [1.54, 1.807) is 26.2 Å². The number of ether oxygens (including phenoxy) is 1. The Bertz CT molecular complexity index is 756. The Morgan fingerprint density at radius 2 is 1.96 bits per heavy atom. The first kappa shape index (κ1) is 18.4. The number of non-ortho nitro benzene ring substituents is 1. The van der Waals surface area contributed by atoms with Gasteiger partial charge in [-0.3, -0.25) is 14.9 Å². The SMILES string of the molecule is COc1ccc(CC(C)(O)CNC(=O)c2cccc([N+](=O)[O-])c2)cc1. The molecule has 0 aromatic heterocycles. The first-order valence-electron chi connectivity index (χ1n) is 7.69. The predicted octanol–water partition coefficient (Wildman–Crippen LogP) is 2.33. The van der Waals surface area contributed by atoms with Crippen molar-refractivity contribution in [1.82, 2.24) is 5.32 Å². The molecule has 0 fully saturated rings. The molecule has 0 heterocycles. The number of carbonyl (C=O) groups is 1. The van der Waals surface area contributed by atoms with Gasteiger partial charge in [-0.1, -0.05) is 18.2 Å². The average molecular weight is 344 g/mol. The normalized spacial score (nSPS) is 12.9. The number of nitro benzene ring substituents is 1. The minimum atomic E-state index is -1.16. The first-order chi connectivity index (χ1) is 11.8. The van der Waals surface area contributed by atoms with E-state index in [1.807, 2.05) is 12.1 Å². The number of aliphatic hydroxyl groups is 1. The Kier molecular flexibility index (Phi) is 5.71. The molecule has 25 heavy (non-hydrogen) atoms. The van der Waals surface area contributed by atoms with Crippen molar-refractivity contribution >= 4 is 11.6 Å². The number of nitro groups is 1. The smallest absolute Gasteiger partial charge is 0.270 e. The quantitative estimate of drug-likeness (QED) is 0.593. The fourth-order valence-corrected chi connectivity index (χ4v) is 2.38. The van der Waals surface area contributed by atoms with E-state index < -0.39 is 16.4 Å². The molecule has 132 valence electrons. The van der Waals surface area contributed by atoms with Gasteiger partial charge in [0.1, 0.15) is 5.75 Å². The van der Waals surface area contributed by atoms with Gasteiger partial charge in [0.15, 0.2) is 0 Å². The fraction of sp³-hybridized carbons (Fsp3) is 0.278. The summed E-state index contributed by atoms with van der Waals surface area (Å²) in [6.07, 6.45) is 0.339. The van der Waals surface area contributed by atoms with Crippen LogP contribution in [0.2, 0.25) is 0 Å². The molecule has 1 atom stereocenters. The van der Waals surface area contributed by atoms with Crippen molar-refractivity contribution in [3.05, 3.63) is 69.8 Å². The minimum absolute atomic E-state index is 0.0144. The van der Waals surface area contributed by atoms with Gasteiger partial charge in [-0.15, -0.1) is 0 Å². The highest BCUT2D eigenvalue weighted by atomic mass is 16.6. The zero-order chi connectivity index (χ0) is 18.4. The maximum atomic E-state index is 12.1. The summed E-state index contributed by atoms with van der Waals surface area (Å²) in [5.41, 5.74) is -0.243. The number of amides is 1. The highest BCUT2D eigenvalue weighted by Crippen LogP contribution is 2.17. The van der Waals surface area contributed by atoms with Gasteiger partial charge in [-0.25, -0.2) is 0 Å². The van der Waals surface area contributed by atoms with Crippen molar-refractivity contribution in [3.63, 3.8) is 0 Å². The third kappa shape index (κ3) is 5.29. The second-order valence-corrected chi connectivity index (χ2v) is 6.01. The molecule has 0 saturated heterocycles. The van der Waals surface area contributed by atoms with Crippen LogP contribution in [0, 0.1) is 10.1 Å². The van der Waals surface area contributed by atoms with Crippen molar-refractivity contribution in [1.29, 1.82) is 0 Å². The molecule has 1 amide bonds. The lowest BCUT2D eigenvalue weighted by molar-refractivity contribution is -0.384. The second kappa shape index (κ2) is 7.76. The number of benzene rings is 2. The van der Waals surface area contributed by atoms with Crippen LogP contribution in [0.15, 0.2) is 48.5 Å². The second-order valence-electron chi connectivity index (χ2n) is 6.01. The number of hydrogen-bond acceptors (Lipinski definition) is 5. The molecule has 0 radical (unpaired) electrons. The van der Waals surface area contributed by atoms with Gasteiger partial charge in [-0.05, 0) is 30.7 Å². The summed E-state index contributed by atoms with van der Waals surface area (Å²) in [7, 11) is 1.58. The maximum Gasteiger partial charge on any atom is 0.270 e. The zero-order valence-corrected chi connectivity index (χ0v) is 14.1. The van der Waals surface area contributed by atoms with Gasteiger partial charge in [-0.2, -0.15) is 0 Å². The van der Waals surface area contributed by atoms with Crippen molar-refractivity contribution in [3.8, 4) is 5.75 Å². The van der Waals surface area contributed by atoms with E-state index in [1.165, 1.54) is 24.3 Å². The molecule has 2 aromatic rings. The van der Waals surface area contributed by atoms with Crippen LogP contribution in [0.25, 0.3) is 0 Å². The van der Waals surface area contributed by atoms with Gasteiger partial charge >= 0.3 is 0 Å². The van der Waals surface area contributed by atoms with E-state index in [9.17, 15) is 20.0 Å². The van der Waals surface area contributed by atoms with Gasteiger partial charge in [0, 0.05) is 30.7 Å². The van der Waals surface area contributed by atoms with Crippen molar-refractivity contribution in [2.75, 3.05) is 13.7 Å². The van der Waals surface area contributed by atoms with Crippen molar-refractivity contribution < 1.29 is 19.6 Å². The molecule has 0 aliphatic carbocycles. The van der Waals surface area contributed by atoms with E-state index in [2.05, 4.69) is 5.32 Å². The van der Waals surface area contributed by atoms with Gasteiger partial charge < -0.3 is 15.2 Å². The molecule has 0 saturated carbocycles. The molecule has 2 N–H and O–H groups in total. The molecule has 7 nitrogen and oxygen atoms in total. The van der Waals surface area contributed by atoms with Crippen LogP contribution in [0.1, 0.15) is 22.8 Å². The van der Waals surface area contributed by atoms with E-state index >= 15 is 0 Å². The van der Waals surface area contributed by atoms with Crippen LogP contribution in [-0.2, 0) is 6.42 Å². The van der Waals surface area contributed by atoms with Crippen LogP contribution < -0.4 is 10.1 Å². The Balaban J connectivity index is 1.97. The van der Waals surface area contributed by atoms with Crippen LogP contribution in [0.4, 0.5) is 5.69 Å². The van der Waals surface area contributed by atoms with Crippen LogP contribution in [0.5, 0.6) is 5.75 Å². The van der Waals surface area contributed by atoms with E-state index in [0.29, 0.717) is 6.42 Å². The summed E-state index contributed by atoms with van der Waals surface area (Å²) >= 11 is 0. The standard InChI is InChI=1S/C18H20N2O5/c1-18(22,11-13-6-8-16(25-2)9-7-13)12-19-17(21)14-4-3-5-15(10-14)20(23)24/h3-10,22H,11-12H2,1-2H3,(H,19,21). The summed E-state index contributed by atoms with van der Waals surface area (Å²) in [5, 5.41) is 23.9. The average Bonchev–Trinajstić information content (AvgIpc) is 2.60. The Morgan fingerprint density at radius 1 is 1.28 bits per heavy atom. The third-order valence-corrected chi connectivity index (χ3v) is 3.69. The molecule has 1 unspecified atom stereocenters. The Labute approximate surface area is 145 Å². The predicted molar refractivity (Wildman–Crippen MR) is 92.8 cm³/mol. The molecule has 0 spiro atoms. The Hall–Kier alpha value is -2.93. The van der Waals surface area contributed by atoms with Crippen LogP contribution >= 0.6 is 0 Å². The van der Waals surface area contributed by atoms with Crippen molar-refractivity contribution in [2.45, 2.75) is 18.9 Å². The number of methoxy groups -OCH3 is 1. The summed E-state index contributed by atoms with van der Waals surface area (Å²) < 4.78 is 5.09. The van der Waals surface area contributed by atoms with Gasteiger partial charge in [0.2, 0.25) is 0 Å². The molecule has 7 heteroatoms. The van der Waals surface area contributed by atoms with Crippen molar-refractivity contribution in [2.24, 2.45) is 0 Å². The lowest BCUT2D eigenvalue weighted by Gasteiger charge is -2.24. The molecular weight excluding hydrogens is 324 g/mol. The number of nitrogens with one attached hydrogen (secondary N) is 1. The van der Waals surface area contributed by atoms with E-state index in [4.69, 9.17) is 4.74 Å². The molecule has 0 aliphatic rings. The Morgan fingerprint density at radius 3 is 2.56 bits per heavy atom. The molecule has 0 bridgehead atoms. The van der Waals surface area contributed by atoms with Crippen LogP contribution in [0.3, 0.4) is 0 Å². The number of nitrogens with zero attached hydrogens (tertiary/aromatic N) is 1. The first-order valence-corrected chi connectivity index (χ1v) is 7.69. The fourth-order valence-electron chi connectivity index (χ4n) is 2.38. The molecular formula is C18H20N2O5. The third-order valence-electron chi connectivity index (χ3n) is 3.69. The monoisotopic (exact) mass is 344 g/mol.